The molecule has 1 aromatic carbocycles. The van der Waals surface area contributed by atoms with Crippen LogP contribution in [0.25, 0.3) is 16.9 Å². The summed E-state index contributed by atoms with van der Waals surface area (Å²) in [5.74, 6) is 0.808. The molecule has 6 nitrogen and oxygen atoms in total. The van der Waals surface area contributed by atoms with E-state index in [0.717, 1.165) is 59.7 Å². The highest BCUT2D eigenvalue weighted by atomic mass is 16.1. The molecule has 2 aromatic heterocycles. The Morgan fingerprint density at radius 1 is 1.31 bits per heavy atom. The van der Waals surface area contributed by atoms with Gasteiger partial charge in [0.2, 0.25) is 0 Å². The molecule has 6 heteroatoms. The summed E-state index contributed by atoms with van der Waals surface area (Å²) >= 11 is 0. The van der Waals surface area contributed by atoms with Gasteiger partial charge in [0, 0.05) is 36.1 Å². The van der Waals surface area contributed by atoms with Crippen molar-refractivity contribution in [2.24, 2.45) is 0 Å². The van der Waals surface area contributed by atoms with E-state index < -0.39 is 0 Å². The number of rotatable bonds is 6. The molecule has 0 unspecified atom stereocenters. The molecule has 2 N–H and O–H groups in total. The smallest absolute Gasteiger partial charge is 0.251 e. The van der Waals surface area contributed by atoms with Crippen molar-refractivity contribution in [2.75, 3.05) is 11.9 Å². The van der Waals surface area contributed by atoms with Crippen LogP contribution in [0.1, 0.15) is 42.1 Å². The Morgan fingerprint density at radius 3 is 2.88 bits per heavy atom. The molecule has 1 aliphatic carbocycles. The number of aromatic nitrogens is 3. The number of nitrogens with zero attached hydrogens (tertiary/aromatic N) is 3. The fourth-order valence-electron chi connectivity index (χ4n) is 3.07. The Balaban J connectivity index is 1.67. The number of fused-ring (bicyclic) bond motifs is 1. The van der Waals surface area contributed by atoms with Gasteiger partial charge in [-0.05, 0) is 43.9 Å². The summed E-state index contributed by atoms with van der Waals surface area (Å²) in [4.78, 5) is 21.3. The summed E-state index contributed by atoms with van der Waals surface area (Å²) in [5, 5.41) is 6.36. The van der Waals surface area contributed by atoms with Gasteiger partial charge in [0.15, 0.2) is 11.5 Å². The third kappa shape index (κ3) is 3.14. The first-order valence-electron chi connectivity index (χ1n) is 9.15. The quantitative estimate of drug-likeness (QED) is 0.715. The van der Waals surface area contributed by atoms with E-state index in [1.807, 2.05) is 41.9 Å². The molecule has 0 atom stereocenters. The van der Waals surface area contributed by atoms with Crippen LogP contribution in [0, 0.1) is 6.92 Å². The number of aryl methyl sites for hydroxylation is 1. The van der Waals surface area contributed by atoms with Crippen molar-refractivity contribution >= 4 is 17.4 Å². The molecule has 0 spiro atoms. The van der Waals surface area contributed by atoms with Gasteiger partial charge < -0.3 is 10.6 Å². The van der Waals surface area contributed by atoms with Crippen molar-refractivity contribution in [3.8, 4) is 11.3 Å². The molecule has 1 fully saturated rings. The fourth-order valence-corrected chi connectivity index (χ4v) is 3.07. The second-order valence-electron chi connectivity index (χ2n) is 6.82. The van der Waals surface area contributed by atoms with Crippen molar-refractivity contribution in [3.05, 3.63) is 47.9 Å². The van der Waals surface area contributed by atoms with Crippen LogP contribution in [0.5, 0.6) is 0 Å². The SMILES string of the molecule is CCCNc1nccn2c(-c3ccc(C(=O)NC4CC4)c(C)c3)cnc12. The van der Waals surface area contributed by atoms with E-state index in [4.69, 9.17) is 0 Å². The highest BCUT2D eigenvalue weighted by Crippen LogP contribution is 2.26. The molecule has 2 heterocycles. The maximum atomic E-state index is 12.3. The second-order valence-corrected chi connectivity index (χ2v) is 6.82. The largest absolute Gasteiger partial charge is 0.367 e. The van der Waals surface area contributed by atoms with Crippen molar-refractivity contribution in [2.45, 2.75) is 39.2 Å². The van der Waals surface area contributed by atoms with Crippen LogP contribution < -0.4 is 10.6 Å². The molecule has 0 aliphatic heterocycles. The Labute approximate surface area is 152 Å². The molecule has 0 bridgehead atoms. The summed E-state index contributed by atoms with van der Waals surface area (Å²) < 4.78 is 2.03. The van der Waals surface area contributed by atoms with E-state index in [9.17, 15) is 4.79 Å². The number of anilines is 1. The van der Waals surface area contributed by atoms with Gasteiger partial charge in [0.1, 0.15) is 0 Å². The van der Waals surface area contributed by atoms with E-state index >= 15 is 0 Å². The normalized spacial score (nSPS) is 13.8. The standard InChI is InChI=1S/C20H23N5O/c1-3-8-21-18-19-23-12-17(25(19)10-9-22-18)14-4-7-16(13(2)11-14)20(26)24-15-5-6-15/h4,7,9-12,15H,3,5-6,8H2,1-2H3,(H,21,22)(H,24,26). The first-order chi connectivity index (χ1) is 12.7. The zero-order valence-electron chi connectivity index (χ0n) is 15.1. The number of imidazole rings is 1. The van der Waals surface area contributed by atoms with Gasteiger partial charge in [-0.1, -0.05) is 13.0 Å². The lowest BCUT2D eigenvalue weighted by Crippen LogP contribution is -2.26. The van der Waals surface area contributed by atoms with E-state index in [-0.39, 0.29) is 5.91 Å². The third-order valence-corrected chi connectivity index (χ3v) is 4.65. The van der Waals surface area contributed by atoms with Crippen molar-refractivity contribution < 1.29 is 4.79 Å². The van der Waals surface area contributed by atoms with Gasteiger partial charge in [-0.15, -0.1) is 0 Å². The Bertz CT molecular complexity index is 958. The van der Waals surface area contributed by atoms with Crippen molar-refractivity contribution in [1.29, 1.82) is 0 Å². The minimum atomic E-state index is 0.0185. The number of nitrogens with one attached hydrogen (secondary N) is 2. The molecule has 0 saturated heterocycles. The number of hydrogen-bond donors (Lipinski definition) is 2. The average Bonchev–Trinajstić information content (AvgIpc) is 3.34. The fraction of sp³-hybridized carbons (Fsp3) is 0.350. The summed E-state index contributed by atoms with van der Waals surface area (Å²) in [5.41, 5.74) is 4.53. The molecule has 26 heavy (non-hydrogen) atoms. The highest BCUT2D eigenvalue weighted by Gasteiger charge is 2.24. The molecule has 0 radical (unpaired) electrons. The summed E-state index contributed by atoms with van der Waals surface area (Å²) in [6.45, 7) is 4.96. The van der Waals surface area contributed by atoms with Gasteiger partial charge >= 0.3 is 0 Å². The van der Waals surface area contributed by atoms with Crippen LogP contribution >= 0.6 is 0 Å². The number of amides is 1. The Hall–Kier alpha value is -2.89. The average molecular weight is 349 g/mol. The minimum Gasteiger partial charge on any atom is -0.367 e. The van der Waals surface area contributed by atoms with Crippen molar-refractivity contribution in [1.82, 2.24) is 19.7 Å². The number of benzene rings is 1. The Morgan fingerprint density at radius 2 is 2.15 bits per heavy atom. The molecule has 134 valence electrons. The number of hydrogen-bond acceptors (Lipinski definition) is 4. The van der Waals surface area contributed by atoms with Gasteiger partial charge in [-0.2, -0.15) is 0 Å². The number of carbonyl (C=O) groups excluding carboxylic acids is 1. The second kappa shape index (κ2) is 6.78. The van der Waals surface area contributed by atoms with Crippen LogP contribution in [0.3, 0.4) is 0 Å². The van der Waals surface area contributed by atoms with E-state index in [1.165, 1.54) is 0 Å². The van der Waals surface area contributed by atoms with E-state index in [1.54, 1.807) is 6.20 Å². The van der Waals surface area contributed by atoms with Crippen LogP contribution in [0.4, 0.5) is 5.82 Å². The first kappa shape index (κ1) is 16.6. The van der Waals surface area contributed by atoms with Gasteiger partial charge in [-0.25, -0.2) is 9.97 Å². The monoisotopic (exact) mass is 349 g/mol. The molecular weight excluding hydrogens is 326 g/mol. The maximum absolute atomic E-state index is 12.3. The topological polar surface area (TPSA) is 71.3 Å². The summed E-state index contributed by atoms with van der Waals surface area (Å²) in [7, 11) is 0. The van der Waals surface area contributed by atoms with Crippen LogP contribution in [-0.4, -0.2) is 32.9 Å². The van der Waals surface area contributed by atoms with E-state index in [0.29, 0.717) is 6.04 Å². The van der Waals surface area contributed by atoms with Crippen molar-refractivity contribution in [3.63, 3.8) is 0 Å². The summed E-state index contributed by atoms with van der Waals surface area (Å²) in [6, 6.07) is 6.30. The van der Waals surface area contributed by atoms with E-state index in [2.05, 4.69) is 27.5 Å². The molecule has 4 rings (SSSR count). The van der Waals surface area contributed by atoms with Gasteiger partial charge in [-0.3, -0.25) is 9.20 Å². The molecular formula is C20H23N5O. The summed E-state index contributed by atoms with van der Waals surface area (Å²) in [6.07, 6.45) is 8.76. The predicted octanol–water partition coefficient (Wildman–Crippen LogP) is 3.42. The zero-order chi connectivity index (χ0) is 18.1. The van der Waals surface area contributed by atoms with Crippen LogP contribution in [0.2, 0.25) is 0 Å². The predicted molar refractivity (Wildman–Crippen MR) is 102 cm³/mol. The molecule has 3 aromatic rings. The Kier molecular flexibility index (Phi) is 4.32. The molecule has 1 aliphatic rings. The van der Waals surface area contributed by atoms with Gasteiger partial charge in [0.25, 0.3) is 5.91 Å². The zero-order valence-corrected chi connectivity index (χ0v) is 15.1. The van der Waals surface area contributed by atoms with Crippen LogP contribution in [-0.2, 0) is 0 Å². The lowest BCUT2D eigenvalue weighted by molar-refractivity contribution is 0.0950. The lowest BCUT2D eigenvalue weighted by Gasteiger charge is -2.10. The van der Waals surface area contributed by atoms with Crippen LogP contribution in [0.15, 0.2) is 36.8 Å². The molecule has 1 saturated carbocycles. The highest BCUT2D eigenvalue weighted by molar-refractivity contribution is 5.96. The van der Waals surface area contributed by atoms with Gasteiger partial charge in [0.05, 0.1) is 11.9 Å². The first-order valence-corrected chi connectivity index (χ1v) is 9.15. The maximum Gasteiger partial charge on any atom is 0.251 e. The minimum absolute atomic E-state index is 0.0185. The number of carbonyl (C=O) groups is 1. The lowest BCUT2D eigenvalue weighted by atomic mass is 10.0. The molecule has 1 amide bonds. The third-order valence-electron chi connectivity index (χ3n) is 4.65.